The third kappa shape index (κ3) is 3.46. The number of hydrogen-bond donors (Lipinski definition) is 1. The van der Waals surface area contributed by atoms with Gasteiger partial charge in [0.2, 0.25) is 0 Å². The summed E-state index contributed by atoms with van der Waals surface area (Å²) in [6.45, 7) is 2.79. The van der Waals surface area contributed by atoms with E-state index in [4.69, 9.17) is 4.98 Å². The molecule has 1 atom stereocenters. The molecule has 0 spiro atoms. The Hall–Kier alpha value is -2.73. The van der Waals surface area contributed by atoms with Gasteiger partial charge in [0.15, 0.2) is 5.13 Å². The summed E-state index contributed by atoms with van der Waals surface area (Å²) in [6.07, 6.45) is 3.77. The van der Waals surface area contributed by atoms with Gasteiger partial charge in [-0.05, 0) is 44.0 Å². The Morgan fingerprint density at radius 3 is 2.81 bits per heavy atom. The number of nitrogens with zero attached hydrogens (tertiary/aromatic N) is 3. The number of carbonyl (C=O) groups is 1. The standard InChI is InChI=1S/C20H20N4OS/c1-14-13-21-20(26-14)23-18-11-5-9-16(22-18)17-10-6-12-24(17)19(25)15-7-3-2-4-8-15/h2-5,7-9,11,13,17H,6,10,12H2,1H3,(H,21,22,23)/t17-/m1/s1. The molecule has 26 heavy (non-hydrogen) atoms. The van der Waals surface area contributed by atoms with Gasteiger partial charge in [-0.25, -0.2) is 9.97 Å². The van der Waals surface area contributed by atoms with Crippen LogP contribution in [0.2, 0.25) is 0 Å². The first-order valence-electron chi connectivity index (χ1n) is 8.73. The third-order valence-electron chi connectivity index (χ3n) is 4.50. The molecule has 1 aliphatic rings. The average molecular weight is 364 g/mol. The number of nitrogens with one attached hydrogen (secondary N) is 1. The molecule has 1 saturated heterocycles. The molecule has 1 amide bonds. The molecule has 0 bridgehead atoms. The lowest BCUT2D eigenvalue weighted by atomic mass is 10.1. The molecule has 2 aromatic heterocycles. The minimum absolute atomic E-state index is 0.0162. The van der Waals surface area contributed by atoms with Crippen LogP contribution in [0, 0.1) is 6.92 Å². The Balaban J connectivity index is 1.56. The molecule has 0 saturated carbocycles. The van der Waals surface area contributed by atoms with Crippen molar-refractivity contribution in [3.63, 3.8) is 0 Å². The second-order valence-electron chi connectivity index (χ2n) is 6.37. The molecule has 5 nitrogen and oxygen atoms in total. The molecule has 6 heteroatoms. The number of hydrogen-bond acceptors (Lipinski definition) is 5. The maximum Gasteiger partial charge on any atom is 0.254 e. The fourth-order valence-corrected chi connectivity index (χ4v) is 3.96. The first-order chi connectivity index (χ1) is 12.7. The summed E-state index contributed by atoms with van der Waals surface area (Å²) in [5.74, 6) is 0.833. The topological polar surface area (TPSA) is 58.1 Å². The van der Waals surface area contributed by atoms with Crippen LogP contribution in [0.3, 0.4) is 0 Å². The van der Waals surface area contributed by atoms with Crippen molar-refractivity contribution in [3.8, 4) is 0 Å². The van der Waals surface area contributed by atoms with Gasteiger partial charge in [-0.1, -0.05) is 24.3 Å². The molecule has 1 aliphatic heterocycles. The first kappa shape index (κ1) is 16.7. The van der Waals surface area contributed by atoms with Gasteiger partial charge in [0.1, 0.15) is 5.82 Å². The molecule has 0 unspecified atom stereocenters. The molecule has 1 fully saturated rings. The number of thiazole rings is 1. The van der Waals surface area contributed by atoms with Crippen molar-refractivity contribution >= 4 is 28.2 Å². The zero-order valence-electron chi connectivity index (χ0n) is 14.6. The van der Waals surface area contributed by atoms with E-state index >= 15 is 0 Å². The number of benzene rings is 1. The summed E-state index contributed by atoms with van der Waals surface area (Å²) >= 11 is 1.60. The van der Waals surface area contributed by atoms with Crippen LogP contribution in [0.25, 0.3) is 0 Å². The lowest BCUT2D eigenvalue weighted by molar-refractivity contribution is 0.0733. The second kappa shape index (κ2) is 7.25. The molecule has 0 radical (unpaired) electrons. The van der Waals surface area contributed by atoms with Crippen molar-refractivity contribution in [3.05, 3.63) is 70.9 Å². The minimum atomic E-state index is 0.0162. The van der Waals surface area contributed by atoms with Crippen LogP contribution in [0.5, 0.6) is 0 Å². The highest BCUT2D eigenvalue weighted by atomic mass is 32.1. The van der Waals surface area contributed by atoms with Gasteiger partial charge in [-0.3, -0.25) is 4.79 Å². The highest BCUT2D eigenvalue weighted by molar-refractivity contribution is 7.15. The number of carbonyl (C=O) groups excluding carboxylic acids is 1. The van der Waals surface area contributed by atoms with E-state index in [1.807, 2.05) is 66.6 Å². The van der Waals surface area contributed by atoms with E-state index in [0.717, 1.165) is 46.5 Å². The predicted octanol–water partition coefficient (Wildman–Crippen LogP) is 4.57. The zero-order chi connectivity index (χ0) is 17.9. The van der Waals surface area contributed by atoms with E-state index in [-0.39, 0.29) is 11.9 Å². The SMILES string of the molecule is Cc1cnc(Nc2cccc([C@H]3CCCN3C(=O)c3ccccc3)n2)s1. The number of aromatic nitrogens is 2. The fraction of sp³-hybridized carbons (Fsp3) is 0.250. The summed E-state index contributed by atoms with van der Waals surface area (Å²) in [7, 11) is 0. The lowest BCUT2D eigenvalue weighted by Gasteiger charge is -2.24. The van der Waals surface area contributed by atoms with Crippen molar-refractivity contribution in [1.82, 2.24) is 14.9 Å². The first-order valence-corrected chi connectivity index (χ1v) is 9.55. The van der Waals surface area contributed by atoms with Crippen LogP contribution < -0.4 is 5.32 Å². The van der Waals surface area contributed by atoms with Crippen LogP contribution in [0.4, 0.5) is 10.9 Å². The minimum Gasteiger partial charge on any atom is -0.330 e. The number of aryl methyl sites for hydroxylation is 1. The second-order valence-corrected chi connectivity index (χ2v) is 7.61. The van der Waals surface area contributed by atoms with Gasteiger partial charge in [-0.15, -0.1) is 11.3 Å². The third-order valence-corrected chi connectivity index (χ3v) is 5.33. The monoisotopic (exact) mass is 364 g/mol. The summed E-state index contributed by atoms with van der Waals surface area (Å²) in [5, 5.41) is 4.09. The van der Waals surface area contributed by atoms with E-state index < -0.39 is 0 Å². The molecule has 4 rings (SSSR count). The highest BCUT2D eigenvalue weighted by Gasteiger charge is 2.31. The molecule has 1 aromatic carbocycles. The number of rotatable bonds is 4. The van der Waals surface area contributed by atoms with Crippen LogP contribution in [0.15, 0.2) is 54.7 Å². The van der Waals surface area contributed by atoms with Gasteiger partial charge < -0.3 is 10.2 Å². The van der Waals surface area contributed by atoms with Gasteiger partial charge in [0, 0.05) is 23.2 Å². The van der Waals surface area contributed by atoms with Crippen molar-refractivity contribution in [1.29, 1.82) is 0 Å². The van der Waals surface area contributed by atoms with Crippen LogP contribution >= 0.6 is 11.3 Å². The number of anilines is 2. The summed E-state index contributed by atoms with van der Waals surface area (Å²) in [6, 6.07) is 15.4. The van der Waals surface area contributed by atoms with Crippen LogP contribution in [-0.4, -0.2) is 27.3 Å². The predicted molar refractivity (Wildman–Crippen MR) is 104 cm³/mol. The Kier molecular flexibility index (Phi) is 4.67. The number of likely N-dealkylation sites (tertiary alicyclic amines) is 1. The Labute approximate surface area is 156 Å². The number of amides is 1. The van der Waals surface area contributed by atoms with Crippen LogP contribution in [-0.2, 0) is 0 Å². The smallest absolute Gasteiger partial charge is 0.254 e. The molecular weight excluding hydrogens is 344 g/mol. The average Bonchev–Trinajstić information content (AvgIpc) is 3.31. The maximum absolute atomic E-state index is 12.9. The summed E-state index contributed by atoms with van der Waals surface area (Å²) in [5.41, 5.74) is 1.65. The molecule has 3 heterocycles. The Bertz CT molecular complexity index is 909. The largest absolute Gasteiger partial charge is 0.330 e. The van der Waals surface area contributed by atoms with Crippen molar-refractivity contribution in [2.45, 2.75) is 25.8 Å². The molecule has 1 N–H and O–H groups in total. The van der Waals surface area contributed by atoms with Gasteiger partial charge >= 0.3 is 0 Å². The Morgan fingerprint density at radius 2 is 2.04 bits per heavy atom. The van der Waals surface area contributed by atoms with Crippen molar-refractivity contribution in [2.24, 2.45) is 0 Å². The van der Waals surface area contributed by atoms with Crippen LogP contribution in [0.1, 0.15) is 39.8 Å². The molecular formula is C20H20N4OS. The maximum atomic E-state index is 12.9. The van der Waals surface area contributed by atoms with Gasteiger partial charge in [0.25, 0.3) is 5.91 Å². The molecule has 3 aromatic rings. The molecule has 132 valence electrons. The summed E-state index contributed by atoms with van der Waals surface area (Å²) in [4.78, 5) is 25.0. The quantitative estimate of drug-likeness (QED) is 0.737. The van der Waals surface area contributed by atoms with Crippen molar-refractivity contribution < 1.29 is 4.79 Å². The van der Waals surface area contributed by atoms with E-state index in [1.54, 1.807) is 11.3 Å². The number of pyridine rings is 1. The van der Waals surface area contributed by atoms with E-state index in [9.17, 15) is 4.79 Å². The molecule has 0 aliphatic carbocycles. The van der Waals surface area contributed by atoms with Gasteiger partial charge in [-0.2, -0.15) is 0 Å². The van der Waals surface area contributed by atoms with Gasteiger partial charge in [0.05, 0.1) is 11.7 Å². The fourth-order valence-electron chi connectivity index (χ4n) is 3.29. The van der Waals surface area contributed by atoms with E-state index in [1.165, 1.54) is 0 Å². The zero-order valence-corrected chi connectivity index (χ0v) is 15.4. The van der Waals surface area contributed by atoms with Crippen molar-refractivity contribution in [2.75, 3.05) is 11.9 Å². The highest BCUT2D eigenvalue weighted by Crippen LogP contribution is 2.33. The Morgan fingerprint density at radius 1 is 1.19 bits per heavy atom. The summed E-state index contributed by atoms with van der Waals surface area (Å²) < 4.78 is 0. The lowest BCUT2D eigenvalue weighted by Crippen LogP contribution is -2.31. The van der Waals surface area contributed by atoms with E-state index in [0.29, 0.717) is 0 Å². The van der Waals surface area contributed by atoms with E-state index in [2.05, 4.69) is 10.3 Å². The normalized spacial score (nSPS) is 16.7.